The summed E-state index contributed by atoms with van der Waals surface area (Å²) in [6.07, 6.45) is 5.41. The number of anilines is 1. The molecule has 4 rings (SSSR count). The van der Waals surface area contributed by atoms with Gasteiger partial charge in [0.15, 0.2) is 0 Å². The van der Waals surface area contributed by atoms with Gasteiger partial charge in [0.2, 0.25) is 10.0 Å². The number of amides is 2. The van der Waals surface area contributed by atoms with Crippen LogP contribution in [0, 0.1) is 0 Å². The van der Waals surface area contributed by atoms with E-state index >= 15 is 0 Å². The van der Waals surface area contributed by atoms with Gasteiger partial charge >= 0.3 is 0 Å². The summed E-state index contributed by atoms with van der Waals surface area (Å²) >= 11 is 1.45. The minimum Gasteiger partial charge on any atom is -0.355 e. The Morgan fingerprint density at radius 1 is 1.08 bits per heavy atom. The Hall–Kier alpha value is -2.27. The van der Waals surface area contributed by atoms with Crippen LogP contribution in [0.5, 0.6) is 0 Å². The van der Waals surface area contributed by atoms with Crippen molar-refractivity contribution in [2.75, 3.05) is 32.0 Å². The first-order valence-corrected chi connectivity index (χ1v) is 15.1. The summed E-state index contributed by atoms with van der Waals surface area (Å²) in [5.74, 6) is -0.572. The van der Waals surface area contributed by atoms with Gasteiger partial charge in [0.25, 0.3) is 11.8 Å². The van der Waals surface area contributed by atoms with Crippen LogP contribution in [0.25, 0.3) is 0 Å². The first-order valence-electron chi connectivity index (χ1n) is 12.8. The fourth-order valence-corrected chi connectivity index (χ4v) is 8.25. The van der Waals surface area contributed by atoms with Crippen molar-refractivity contribution in [2.24, 2.45) is 0 Å². The van der Waals surface area contributed by atoms with Crippen molar-refractivity contribution >= 4 is 38.2 Å². The number of rotatable bonds is 8. The van der Waals surface area contributed by atoms with E-state index in [-0.39, 0.29) is 22.8 Å². The molecule has 0 radical (unpaired) electrons. The Bertz CT molecular complexity index is 1210. The van der Waals surface area contributed by atoms with E-state index < -0.39 is 10.0 Å². The van der Waals surface area contributed by atoms with Crippen molar-refractivity contribution in [3.05, 3.63) is 45.8 Å². The van der Waals surface area contributed by atoms with E-state index in [4.69, 9.17) is 0 Å². The molecular formula is C26H36N4O4S2. The average molecular weight is 533 g/mol. The number of fused-ring (bicyclic) bond motifs is 1. The molecule has 1 fully saturated rings. The van der Waals surface area contributed by atoms with Gasteiger partial charge in [-0.1, -0.05) is 20.3 Å². The van der Waals surface area contributed by atoms with Gasteiger partial charge in [-0.3, -0.25) is 14.5 Å². The summed E-state index contributed by atoms with van der Waals surface area (Å²) < 4.78 is 28.1. The van der Waals surface area contributed by atoms with Crippen LogP contribution >= 0.6 is 11.3 Å². The van der Waals surface area contributed by atoms with Crippen LogP contribution in [-0.2, 0) is 23.0 Å². The molecule has 1 unspecified atom stereocenters. The van der Waals surface area contributed by atoms with E-state index in [1.807, 2.05) is 6.92 Å². The van der Waals surface area contributed by atoms with Crippen LogP contribution in [0.2, 0.25) is 0 Å². The van der Waals surface area contributed by atoms with Gasteiger partial charge < -0.3 is 10.6 Å². The first kappa shape index (κ1) is 26.8. The molecule has 1 aromatic carbocycles. The number of benzene rings is 1. The summed E-state index contributed by atoms with van der Waals surface area (Å²) in [6, 6.07) is 6.13. The zero-order valence-electron chi connectivity index (χ0n) is 21.3. The van der Waals surface area contributed by atoms with Gasteiger partial charge in [-0.15, -0.1) is 11.3 Å². The largest absolute Gasteiger partial charge is 0.355 e. The van der Waals surface area contributed by atoms with E-state index in [0.29, 0.717) is 22.7 Å². The van der Waals surface area contributed by atoms with Crippen molar-refractivity contribution in [3.63, 3.8) is 0 Å². The maximum absolute atomic E-state index is 13.2. The number of nitrogens with zero attached hydrogens (tertiary/aromatic N) is 2. The van der Waals surface area contributed by atoms with Crippen LogP contribution in [0.4, 0.5) is 5.00 Å². The Labute approximate surface area is 218 Å². The molecule has 0 spiro atoms. The molecule has 196 valence electrons. The van der Waals surface area contributed by atoms with E-state index in [9.17, 15) is 18.0 Å². The van der Waals surface area contributed by atoms with Crippen molar-refractivity contribution in [1.29, 1.82) is 0 Å². The number of carbonyl (C=O) groups excluding carboxylic acids is 2. The second-order valence-electron chi connectivity index (χ2n) is 9.47. The first-order chi connectivity index (χ1) is 17.3. The Morgan fingerprint density at radius 3 is 2.50 bits per heavy atom. The number of thiophene rings is 1. The third-order valence-corrected chi connectivity index (χ3v) is 10.2. The minimum absolute atomic E-state index is 0.0213. The van der Waals surface area contributed by atoms with E-state index in [1.54, 1.807) is 23.5 Å². The van der Waals surface area contributed by atoms with E-state index in [0.717, 1.165) is 68.6 Å². The lowest BCUT2D eigenvalue weighted by Gasteiger charge is -2.34. The van der Waals surface area contributed by atoms with Crippen molar-refractivity contribution in [1.82, 2.24) is 14.5 Å². The van der Waals surface area contributed by atoms with Crippen LogP contribution in [-0.4, -0.2) is 62.2 Å². The van der Waals surface area contributed by atoms with Gasteiger partial charge in [-0.2, -0.15) is 4.31 Å². The quantitative estimate of drug-likeness (QED) is 0.534. The molecule has 3 heterocycles. The SMILES string of the molecule is CCCN1CCc2c(sc(NC(=O)c3ccc(S(=O)(=O)N4CCCCC4CC)cc3)c2C(=O)NC)C1. The van der Waals surface area contributed by atoms with Gasteiger partial charge in [0.1, 0.15) is 5.00 Å². The summed E-state index contributed by atoms with van der Waals surface area (Å²) in [5, 5.41) is 6.17. The highest BCUT2D eigenvalue weighted by Gasteiger charge is 2.33. The normalized spacial score (nSPS) is 19.0. The molecule has 2 N–H and O–H groups in total. The number of nitrogens with one attached hydrogen (secondary N) is 2. The molecule has 0 aliphatic carbocycles. The Kier molecular flexibility index (Phi) is 8.49. The summed E-state index contributed by atoms with van der Waals surface area (Å²) in [6.45, 7) is 7.36. The zero-order chi connectivity index (χ0) is 25.9. The van der Waals surface area contributed by atoms with Gasteiger partial charge in [0.05, 0.1) is 10.5 Å². The molecule has 2 aromatic rings. The lowest BCUT2D eigenvalue weighted by molar-refractivity contribution is 0.0962. The van der Waals surface area contributed by atoms with E-state index in [2.05, 4.69) is 22.5 Å². The maximum atomic E-state index is 13.2. The van der Waals surface area contributed by atoms with Crippen LogP contribution in [0.3, 0.4) is 0 Å². The van der Waals surface area contributed by atoms with Crippen molar-refractivity contribution < 1.29 is 18.0 Å². The van der Waals surface area contributed by atoms with Gasteiger partial charge in [-0.05, 0) is 68.5 Å². The molecule has 36 heavy (non-hydrogen) atoms. The molecule has 2 aliphatic rings. The smallest absolute Gasteiger partial charge is 0.256 e. The van der Waals surface area contributed by atoms with Crippen LogP contribution in [0.15, 0.2) is 29.2 Å². The molecule has 1 saturated heterocycles. The van der Waals surface area contributed by atoms with Gasteiger partial charge in [-0.25, -0.2) is 8.42 Å². The molecular weight excluding hydrogens is 496 g/mol. The number of carbonyl (C=O) groups is 2. The molecule has 2 aliphatic heterocycles. The predicted octanol–water partition coefficient (Wildman–Crippen LogP) is 4.08. The van der Waals surface area contributed by atoms with E-state index in [1.165, 1.54) is 23.5 Å². The minimum atomic E-state index is -3.61. The van der Waals surface area contributed by atoms with Crippen LogP contribution < -0.4 is 10.6 Å². The third-order valence-electron chi connectivity index (χ3n) is 7.12. The molecule has 1 aromatic heterocycles. The number of sulfonamides is 1. The monoisotopic (exact) mass is 532 g/mol. The molecule has 1 atom stereocenters. The fraction of sp³-hybridized carbons (Fsp3) is 0.538. The number of piperidine rings is 1. The molecule has 2 amide bonds. The Morgan fingerprint density at radius 2 is 1.83 bits per heavy atom. The maximum Gasteiger partial charge on any atom is 0.256 e. The Balaban J connectivity index is 1.54. The van der Waals surface area contributed by atoms with Gasteiger partial charge in [0, 0.05) is 43.2 Å². The third kappa shape index (κ3) is 5.37. The highest BCUT2D eigenvalue weighted by molar-refractivity contribution is 7.89. The molecule has 10 heteroatoms. The van der Waals surface area contributed by atoms with Crippen LogP contribution in [0.1, 0.15) is 77.1 Å². The van der Waals surface area contributed by atoms with Crippen molar-refractivity contribution in [3.8, 4) is 0 Å². The lowest BCUT2D eigenvalue weighted by atomic mass is 10.0. The molecule has 0 bridgehead atoms. The lowest BCUT2D eigenvalue weighted by Crippen LogP contribution is -2.43. The highest BCUT2D eigenvalue weighted by Crippen LogP contribution is 2.37. The summed E-state index contributed by atoms with van der Waals surface area (Å²) in [4.78, 5) is 29.5. The summed E-state index contributed by atoms with van der Waals surface area (Å²) in [7, 11) is -2.02. The fourth-order valence-electron chi connectivity index (χ4n) is 5.20. The standard InChI is InChI=1S/C26H36N4O4S2/c1-4-14-29-16-13-21-22(17-29)35-26(23(21)25(32)27-3)28-24(31)18-9-11-20(12-10-18)36(33,34)30-15-7-6-8-19(30)5-2/h9-12,19H,4-8,13-17H2,1-3H3,(H,27,32)(H,28,31). The highest BCUT2D eigenvalue weighted by atomic mass is 32.2. The zero-order valence-corrected chi connectivity index (χ0v) is 22.9. The number of hydrogen-bond donors (Lipinski definition) is 2. The summed E-state index contributed by atoms with van der Waals surface area (Å²) in [5.41, 5.74) is 1.90. The average Bonchev–Trinajstić information content (AvgIpc) is 3.25. The number of hydrogen-bond acceptors (Lipinski definition) is 6. The second kappa shape index (κ2) is 11.4. The second-order valence-corrected chi connectivity index (χ2v) is 12.5. The molecule has 0 saturated carbocycles. The van der Waals surface area contributed by atoms with Crippen molar-refractivity contribution in [2.45, 2.75) is 69.9 Å². The predicted molar refractivity (Wildman–Crippen MR) is 143 cm³/mol. The molecule has 8 nitrogen and oxygen atoms in total. The topological polar surface area (TPSA) is 98.8 Å².